The number of aromatic amines is 1. The second-order valence-corrected chi connectivity index (χ2v) is 10.7. The molecule has 0 unspecified atom stereocenters. The van der Waals surface area contributed by atoms with Crippen LogP contribution in [-0.4, -0.2) is 30.0 Å². The van der Waals surface area contributed by atoms with Crippen LogP contribution in [0.1, 0.15) is 39.5 Å². The van der Waals surface area contributed by atoms with Crippen molar-refractivity contribution in [2.75, 3.05) is 6.54 Å². The van der Waals surface area contributed by atoms with Crippen LogP contribution < -0.4 is 5.56 Å². The lowest BCUT2D eigenvalue weighted by Crippen LogP contribution is -2.34. The maximum atomic E-state index is 13.7. The number of fused-ring (bicyclic) bond motifs is 1. The van der Waals surface area contributed by atoms with Crippen molar-refractivity contribution in [3.05, 3.63) is 111 Å². The number of nitrogens with one attached hydrogen (secondary N) is 1. The van der Waals surface area contributed by atoms with Gasteiger partial charge in [-0.25, -0.2) is 8.42 Å². The number of rotatable bonds is 8. The van der Waals surface area contributed by atoms with Crippen LogP contribution in [0, 0.1) is 13.8 Å². The van der Waals surface area contributed by atoms with Crippen molar-refractivity contribution in [2.45, 2.75) is 38.6 Å². The number of benzene rings is 3. The zero-order valence-electron chi connectivity index (χ0n) is 20.0. The number of hydrogen-bond acceptors (Lipinski definition) is 4. The molecule has 35 heavy (non-hydrogen) atoms. The Labute approximate surface area is 205 Å². The lowest BCUT2D eigenvalue weighted by molar-refractivity contribution is 0.101. The number of Topliss-reactive ketones (excluding diaryl/α,β-unsaturated/α-hetero) is 1. The Hall–Kier alpha value is -3.55. The normalized spacial score (nSPS) is 11.8. The van der Waals surface area contributed by atoms with Crippen molar-refractivity contribution in [3.63, 3.8) is 0 Å². The molecule has 1 N–H and O–H groups in total. The van der Waals surface area contributed by atoms with E-state index in [9.17, 15) is 18.0 Å². The lowest BCUT2D eigenvalue weighted by atomic mass is 10.0. The van der Waals surface area contributed by atoms with E-state index in [2.05, 4.69) is 4.98 Å². The summed E-state index contributed by atoms with van der Waals surface area (Å²) >= 11 is 0. The number of aromatic nitrogens is 1. The van der Waals surface area contributed by atoms with Gasteiger partial charge in [-0.15, -0.1) is 0 Å². The number of H-pyrrole nitrogens is 1. The predicted molar refractivity (Wildman–Crippen MR) is 138 cm³/mol. The quantitative estimate of drug-likeness (QED) is 0.362. The third kappa shape index (κ3) is 5.26. The first kappa shape index (κ1) is 24.6. The van der Waals surface area contributed by atoms with E-state index in [0.29, 0.717) is 17.5 Å². The number of hydrogen-bond donors (Lipinski definition) is 1. The van der Waals surface area contributed by atoms with E-state index >= 15 is 0 Å². The van der Waals surface area contributed by atoms with E-state index in [-0.39, 0.29) is 29.3 Å². The van der Waals surface area contributed by atoms with E-state index in [1.165, 1.54) is 23.4 Å². The molecule has 1 heterocycles. The van der Waals surface area contributed by atoms with Crippen LogP contribution in [0.25, 0.3) is 10.9 Å². The molecule has 0 bridgehead atoms. The summed E-state index contributed by atoms with van der Waals surface area (Å²) in [6.07, 6.45) is 0.482. The Morgan fingerprint density at radius 3 is 2.40 bits per heavy atom. The van der Waals surface area contributed by atoms with Gasteiger partial charge in [-0.05, 0) is 67.5 Å². The summed E-state index contributed by atoms with van der Waals surface area (Å²) in [5.74, 6) is -0.213. The third-order valence-electron chi connectivity index (χ3n) is 6.35. The molecular weight excluding hydrogens is 460 g/mol. The van der Waals surface area contributed by atoms with Crippen LogP contribution in [0.2, 0.25) is 0 Å². The zero-order valence-corrected chi connectivity index (χ0v) is 20.9. The number of ketones is 1. The molecule has 0 radical (unpaired) electrons. The molecule has 180 valence electrons. The average molecular weight is 489 g/mol. The minimum atomic E-state index is -3.98. The van der Waals surface area contributed by atoms with Crippen LogP contribution in [0.4, 0.5) is 0 Å². The number of pyridine rings is 1. The van der Waals surface area contributed by atoms with Gasteiger partial charge in [0, 0.05) is 24.2 Å². The number of carbonyl (C=O) groups is 1. The van der Waals surface area contributed by atoms with Crippen LogP contribution in [0.5, 0.6) is 0 Å². The van der Waals surface area contributed by atoms with Gasteiger partial charge in [-0.3, -0.25) is 9.59 Å². The summed E-state index contributed by atoms with van der Waals surface area (Å²) in [4.78, 5) is 27.8. The molecule has 4 aromatic rings. The summed E-state index contributed by atoms with van der Waals surface area (Å²) in [5.41, 5.74) is 4.17. The molecule has 0 aliphatic carbocycles. The Morgan fingerprint density at radius 1 is 0.943 bits per heavy atom. The van der Waals surface area contributed by atoms with Gasteiger partial charge in [-0.2, -0.15) is 4.31 Å². The van der Waals surface area contributed by atoms with Crippen LogP contribution in [0.15, 0.2) is 82.5 Å². The minimum Gasteiger partial charge on any atom is -0.321 e. The highest BCUT2D eigenvalue weighted by molar-refractivity contribution is 7.89. The van der Waals surface area contributed by atoms with E-state index < -0.39 is 10.0 Å². The lowest BCUT2D eigenvalue weighted by Gasteiger charge is -2.23. The second-order valence-electron chi connectivity index (χ2n) is 8.75. The highest BCUT2D eigenvalue weighted by Gasteiger charge is 2.26. The first-order valence-electron chi connectivity index (χ1n) is 11.4. The average Bonchev–Trinajstić information content (AvgIpc) is 2.85. The third-order valence-corrected chi connectivity index (χ3v) is 8.19. The molecule has 0 atom stereocenters. The number of carbonyl (C=O) groups excluding carboxylic acids is 1. The van der Waals surface area contributed by atoms with Gasteiger partial charge in [0.05, 0.1) is 10.4 Å². The van der Waals surface area contributed by atoms with Crippen molar-refractivity contribution in [1.29, 1.82) is 0 Å². The topological polar surface area (TPSA) is 87.3 Å². The molecule has 0 saturated carbocycles. The van der Waals surface area contributed by atoms with E-state index in [0.717, 1.165) is 27.6 Å². The smallest absolute Gasteiger partial charge is 0.252 e. The van der Waals surface area contributed by atoms with E-state index in [1.807, 2.05) is 56.3 Å². The molecule has 4 rings (SSSR count). The Kier molecular flexibility index (Phi) is 7.00. The Balaban J connectivity index is 1.75. The number of sulfonamides is 1. The highest BCUT2D eigenvalue weighted by Crippen LogP contribution is 2.23. The van der Waals surface area contributed by atoms with E-state index in [4.69, 9.17) is 0 Å². The van der Waals surface area contributed by atoms with Crippen LogP contribution in [0.3, 0.4) is 0 Å². The number of aryl methyl sites for hydroxylation is 2. The van der Waals surface area contributed by atoms with Crippen LogP contribution in [-0.2, 0) is 23.0 Å². The molecule has 7 heteroatoms. The fourth-order valence-corrected chi connectivity index (χ4v) is 5.55. The van der Waals surface area contributed by atoms with Gasteiger partial charge in [0.2, 0.25) is 10.0 Å². The van der Waals surface area contributed by atoms with Crippen molar-refractivity contribution in [3.8, 4) is 0 Å². The van der Waals surface area contributed by atoms with Gasteiger partial charge in [0.15, 0.2) is 5.78 Å². The Bertz CT molecular complexity index is 1560. The fraction of sp³-hybridized carbons (Fsp3) is 0.214. The standard InChI is InChI=1S/C28H28N2O4S/c1-19-12-13-24-16-25(28(32)29-27(24)20(19)2)18-30(15-14-22-8-5-4-6-9-22)35(33,34)26-11-7-10-23(17-26)21(3)31/h4-13,16-17H,14-15,18H2,1-3H3,(H,29,32). The molecule has 1 aromatic heterocycles. The summed E-state index contributed by atoms with van der Waals surface area (Å²) in [6.45, 7) is 5.43. The summed E-state index contributed by atoms with van der Waals surface area (Å²) < 4.78 is 28.7. The Morgan fingerprint density at radius 2 is 1.69 bits per heavy atom. The van der Waals surface area contributed by atoms with E-state index in [1.54, 1.807) is 18.2 Å². The molecule has 3 aromatic carbocycles. The predicted octanol–water partition coefficient (Wildman–Crippen LogP) is 4.78. The molecule has 6 nitrogen and oxygen atoms in total. The molecule has 0 spiro atoms. The first-order chi connectivity index (χ1) is 16.7. The van der Waals surface area contributed by atoms with Crippen molar-refractivity contribution in [2.24, 2.45) is 0 Å². The maximum Gasteiger partial charge on any atom is 0.252 e. The number of nitrogens with zero attached hydrogens (tertiary/aromatic N) is 1. The first-order valence-corrected chi connectivity index (χ1v) is 12.9. The minimum absolute atomic E-state index is 0.0296. The molecule has 0 amide bonds. The van der Waals surface area contributed by atoms with Crippen molar-refractivity contribution < 1.29 is 13.2 Å². The maximum absolute atomic E-state index is 13.7. The van der Waals surface area contributed by atoms with Crippen molar-refractivity contribution >= 4 is 26.7 Å². The van der Waals surface area contributed by atoms with Gasteiger partial charge in [-0.1, -0.05) is 54.6 Å². The van der Waals surface area contributed by atoms with Gasteiger partial charge < -0.3 is 4.98 Å². The molecule has 0 fully saturated rings. The second kappa shape index (κ2) is 9.98. The van der Waals surface area contributed by atoms with Crippen molar-refractivity contribution in [1.82, 2.24) is 9.29 Å². The van der Waals surface area contributed by atoms with Gasteiger partial charge in [0.25, 0.3) is 5.56 Å². The molecular formula is C28H28N2O4S. The fourth-order valence-electron chi connectivity index (χ4n) is 4.08. The summed E-state index contributed by atoms with van der Waals surface area (Å²) in [7, 11) is -3.98. The molecule has 0 saturated heterocycles. The monoisotopic (exact) mass is 488 g/mol. The molecule has 0 aliphatic rings. The molecule has 0 aliphatic heterocycles. The summed E-state index contributed by atoms with van der Waals surface area (Å²) in [6, 6.07) is 21.3. The highest BCUT2D eigenvalue weighted by atomic mass is 32.2. The largest absolute Gasteiger partial charge is 0.321 e. The summed E-state index contributed by atoms with van der Waals surface area (Å²) in [5, 5.41) is 0.849. The van der Waals surface area contributed by atoms with Crippen LogP contribution >= 0.6 is 0 Å². The van der Waals surface area contributed by atoms with Gasteiger partial charge >= 0.3 is 0 Å². The van der Waals surface area contributed by atoms with Gasteiger partial charge in [0.1, 0.15) is 0 Å². The zero-order chi connectivity index (χ0) is 25.2. The SMILES string of the molecule is CC(=O)c1cccc(S(=O)(=O)N(CCc2ccccc2)Cc2cc3ccc(C)c(C)c3[nH]c2=O)c1.